The monoisotopic (exact) mass is 537 g/mol. The molecule has 10 heteroatoms. The lowest BCUT2D eigenvalue weighted by atomic mass is 9.89. The molecule has 9 nitrogen and oxygen atoms in total. The Balaban J connectivity index is 0.00000450. The maximum absolute atomic E-state index is 5.67. The van der Waals surface area contributed by atoms with Crippen molar-refractivity contribution in [1.29, 1.82) is 0 Å². The second-order valence-electron chi connectivity index (χ2n) is 8.59. The molecule has 1 fully saturated rings. The van der Waals surface area contributed by atoms with Crippen LogP contribution in [0.5, 0.6) is 0 Å². The number of guanidine groups is 1. The molecule has 0 radical (unpaired) electrons. The Hall–Kier alpha value is -0.980. The first-order valence-corrected chi connectivity index (χ1v) is 10.5. The highest BCUT2D eigenvalue weighted by Gasteiger charge is 2.24. The van der Waals surface area contributed by atoms with Crippen LogP contribution >= 0.6 is 24.0 Å². The van der Waals surface area contributed by atoms with E-state index in [1.54, 1.807) is 7.11 Å². The van der Waals surface area contributed by atoms with Crippen molar-refractivity contribution in [2.24, 2.45) is 17.5 Å². The summed E-state index contributed by atoms with van der Waals surface area (Å²) in [4.78, 5) is 7.17. The molecule has 0 saturated carbocycles. The lowest BCUT2D eigenvalue weighted by Gasteiger charge is -2.30. The molecule has 0 spiro atoms. The van der Waals surface area contributed by atoms with Crippen LogP contribution in [0.2, 0.25) is 0 Å². The van der Waals surface area contributed by atoms with Crippen molar-refractivity contribution in [3.8, 4) is 0 Å². The van der Waals surface area contributed by atoms with Crippen molar-refractivity contribution in [1.82, 2.24) is 30.3 Å². The van der Waals surface area contributed by atoms with Crippen molar-refractivity contribution in [3.05, 3.63) is 11.6 Å². The van der Waals surface area contributed by atoms with E-state index in [4.69, 9.17) is 14.5 Å². The van der Waals surface area contributed by atoms with E-state index in [-0.39, 0.29) is 35.5 Å². The fourth-order valence-corrected chi connectivity index (χ4v) is 3.18. The number of aryl methyl sites for hydroxylation is 1. The van der Waals surface area contributed by atoms with Crippen LogP contribution < -0.4 is 10.6 Å². The van der Waals surface area contributed by atoms with Crippen LogP contribution in [0.4, 0.5) is 0 Å². The molecule has 0 bridgehead atoms. The molecule has 0 amide bonds. The molecule has 2 rings (SSSR count). The minimum absolute atomic E-state index is 0. The first-order valence-electron chi connectivity index (χ1n) is 10.5. The zero-order valence-corrected chi connectivity index (χ0v) is 21.7. The van der Waals surface area contributed by atoms with E-state index >= 15 is 0 Å². The van der Waals surface area contributed by atoms with Crippen molar-refractivity contribution in [2.75, 3.05) is 53.0 Å². The number of hydrogen-bond donors (Lipinski definition) is 2. The van der Waals surface area contributed by atoms with E-state index in [9.17, 15) is 0 Å². The van der Waals surface area contributed by atoms with E-state index in [0.29, 0.717) is 13.1 Å². The minimum Gasteiger partial charge on any atom is -0.379 e. The Bertz CT molecular complexity index is 640. The van der Waals surface area contributed by atoms with Gasteiger partial charge in [-0.05, 0) is 25.3 Å². The molecule has 1 unspecified atom stereocenters. The number of aromatic nitrogens is 3. The van der Waals surface area contributed by atoms with Gasteiger partial charge in [-0.3, -0.25) is 4.90 Å². The molecule has 1 aliphatic rings. The number of rotatable bonds is 9. The number of halogens is 1. The molecule has 30 heavy (non-hydrogen) atoms. The standard InChI is InChI=1S/C20H39N7O2.HI/c1-16-24-25-18(26(16)5)15-23-19(22-14-17(28-6)20(2,3)4)21-8-7-9-27-10-12-29-13-11-27;/h17H,7-15H2,1-6H3,(H2,21,22,23);1H. The van der Waals surface area contributed by atoms with Crippen LogP contribution in [-0.4, -0.2) is 84.8 Å². The van der Waals surface area contributed by atoms with E-state index in [1.165, 1.54) is 0 Å². The Kier molecular flexibility index (Phi) is 12.1. The Morgan fingerprint density at radius 1 is 1.23 bits per heavy atom. The number of nitrogens with one attached hydrogen (secondary N) is 2. The zero-order valence-electron chi connectivity index (χ0n) is 19.4. The fourth-order valence-electron chi connectivity index (χ4n) is 3.18. The summed E-state index contributed by atoms with van der Waals surface area (Å²) in [7, 11) is 3.72. The van der Waals surface area contributed by atoms with Crippen LogP contribution in [-0.2, 0) is 23.1 Å². The predicted molar refractivity (Wildman–Crippen MR) is 130 cm³/mol. The van der Waals surface area contributed by atoms with Crippen LogP contribution in [0.25, 0.3) is 0 Å². The van der Waals surface area contributed by atoms with Gasteiger partial charge in [0.05, 0.1) is 19.3 Å². The van der Waals surface area contributed by atoms with E-state index in [1.807, 2.05) is 18.5 Å². The van der Waals surface area contributed by atoms with Crippen LogP contribution in [0, 0.1) is 12.3 Å². The number of hydrogen-bond acceptors (Lipinski definition) is 6. The fraction of sp³-hybridized carbons (Fsp3) is 0.850. The summed E-state index contributed by atoms with van der Waals surface area (Å²) in [5, 5.41) is 15.2. The van der Waals surface area contributed by atoms with Crippen LogP contribution in [0.1, 0.15) is 38.8 Å². The van der Waals surface area contributed by atoms with Gasteiger partial charge >= 0.3 is 0 Å². The molecule has 1 aliphatic heterocycles. The predicted octanol–water partition coefficient (Wildman–Crippen LogP) is 1.56. The quantitative estimate of drug-likeness (QED) is 0.214. The van der Waals surface area contributed by atoms with Crippen LogP contribution in [0.3, 0.4) is 0 Å². The molecule has 1 saturated heterocycles. The maximum atomic E-state index is 5.67. The van der Waals surface area contributed by atoms with Gasteiger partial charge in [-0.25, -0.2) is 4.99 Å². The average Bonchev–Trinajstić information content (AvgIpc) is 3.01. The maximum Gasteiger partial charge on any atom is 0.191 e. The largest absolute Gasteiger partial charge is 0.379 e. The molecule has 1 aromatic heterocycles. The third kappa shape index (κ3) is 9.03. The van der Waals surface area contributed by atoms with Gasteiger partial charge < -0.3 is 24.7 Å². The Labute approximate surface area is 198 Å². The summed E-state index contributed by atoms with van der Waals surface area (Å²) < 4.78 is 13.0. The molecule has 1 aromatic rings. The molecular weight excluding hydrogens is 497 g/mol. The number of methoxy groups -OCH3 is 1. The van der Waals surface area contributed by atoms with Crippen molar-refractivity contribution in [3.63, 3.8) is 0 Å². The Morgan fingerprint density at radius 2 is 1.93 bits per heavy atom. The normalized spacial score (nSPS) is 16.8. The number of nitrogens with zero attached hydrogens (tertiary/aromatic N) is 5. The summed E-state index contributed by atoms with van der Waals surface area (Å²) in [6, 6.07) is 0. The van der Waals surface area contributed by atoms with Gasteiger partial charge in [-0.15, -0.1) is 34.2 Å². The summed E-state index contributed by atoms with van der Waals surface area (Å²) in [5.41, 5.74) is 0.0455. The molecule has 2 N–H and O–H groups in total. The third-order valence-corrected chi connectivity index (χ3v) is 5.31. The molecular formula is C20H40IN7O2. The van der Waals surface area contributed by atoms with Crippen molar-refractivity contribution >= 4 is 29.9 Å². The first-order chi connectivity index (χ1) is 13.8. The lowest BCUT2D eigenvalue weighted by molar-refractivity contribution is 0.0205. The van der Waals surface area contributed by atoms with E-state index in [2.05, 4.69) is 46.5 Å². The van der Waals surface area contributed by atoms with E-state index < -0.39 is 0 Å². The first kappa shape index (κ1) is 27.1. The Morgan fingerprint density at radius 3 is 2.50 bits per heavy atom. The SMILES string of the molecule is COC(CNC(=NCc1nnc(C)n1C)NCCCN1CCOCC1)C(C)(C)C.I. The summed E-state index contributed by atoms with van der Waals surface area (Å²) >= 11 is 0. The number of ether oxygens (including phenoxy) is 2. The molecule has 0 aliphatic carbocycles. The summed E-state index contributed by atoms with van der Waals surface area (Å²) in [5.74, 6) is 2.50. The second kappa shape index (κ2) is 13.4. The van der Waals surface area contributed by atoms with Gasteiger partial charge in [0.2, 0.25) is 0 Å². The van der Waals surface area contributed by atoms with E-state index in [0.717, 1.165) is 63.4 Å². The molecule has 2 heterocycles. The number of aliphatic imine (C=N–C) groups is 1. The lowest BCUT2D eigenvalue weighted by Crippen LogP contribution is -2.46. The van der Waals surface area contributed by atoms with Gasteiger partial charge in [0.15, 0.2) is 11.8 Å². The molecule has 1 atom stereocenters. The van der Waals surface area contributed by atoms with Gasteiger partial charge in [0.25, 0.3) is 0 Å². The highest BCUT2D eigenvalue weighted by molar-refractivity contribution is 14.0. The van der Waals surface area contributed by atoms with Gasteiger partial charge in [0, 0.05) is 40.3 Å². The topological polar surface area (TPSA) is 88.8 Å². The van der Waals surface area contributed by atoms with Gasteiger partial charge in [-0.1, -0.05) is 20.8 Å². The highest BCUT2D eigenvalue weighted by Crippen LogP contribution is 2.20. The second-order valence-corrected chi connectivity index (χ2v) is 8.59. The summed E-state index contributed by atoms with van der Waals surface area (Å²) in [6.07, 6.45) is 1.14. The van der Waals surface area contributed by atoms with Crippen molar-refractivity contribution < 1.29 is 9.47 Å². The molecule has 174 valence electrons. The average molecular weight is 537 g/mol. The van der Waals surface area contributed by atoms with Crippen LogP contribution in [0.15, 0.2) is 4.99 Å². The van der Waals surface area contributed by atoms with Gasteiger partial charge in [0.1, 0.15) is 12.4 Å². The zero-order chi connectivity index (χ0) is 21.3. The third-order valence-electron chi connectivity index (χ3n) is 5.31. The smallest absolute Gasteiger partial charge is 0.191 e. The minimum atomic E-state index is 0. The van der Waals surface area contributed by atoms with Gasteiger partial charge in [-0.2, -0.15) is 0 Å². The number of morpholine rings is 1. The van der Waals surface area contributed by atoms with Crippen molar-refractivity contribution in [2.45, 2.75) is 46.8 Å². The molecule has 0 aromatic carbocycles. The summed E-state index contributed by atoms with van der Waals surface area (Å²) in [6.45, 7) is 15.3. The highest BCUT2D eigenvalue weighted by atomic mass is 127.